The highest BCUT2D eigenvalue weighted by molar-refractivity contribution is 7.91. The van der Waals surface area contributed by atoms with Crippen LogP contribution in [0.25, 0.3) is 0 Å². The lowest BCUT2D eigenvalue weighted by atomic mass is 10.4. The number of hydrogen-bond acceptors (Lipinski definition) is 6. The Hall–Kier alpha value is -1.70. The van der Waals surface area contributed by atoms with Crippen LogP contribution in [0, 0.1) is 0 Å². The Bertz CT molecular complexity index is 501. The van der Waals surface area contributed by atoms with Crippen LogP contribution in [0.15, 0.2) is 12.3 Å². The van der Waals surface area contributed by atoms with Gasteiger partial charge in [-0.1, -0.05) is 6.92 Å². The highest BCUT2D eigenvalue weighted by atomic mass is 32.2. The summed E-state index contributed by atoms with van der Waals surface area (Å²) in [6.45, 7) is 1.72. The molecule has 7 nitrogen and oxygen atoms in total. The van der Waals surface area contributed by atoms with E-state index in [1.165, 1.54) is 12.3 Å². The number of nitrogens with zero attached hydrogens (tertiary/aromatic N) is 2. The molecule has 1 heterocycles. The number of carbonyl (C=O) groups is 1. The first-order chi connectivity index (χ1) is 7.94. The van der Waals surface area contributed by atoms with Gasteiger partial charge in [-0.15, -0.1) is 0 Å². The van der Waals surface area contributed by atoms with Crippen LogP contribution < -0.4 is 5.32 Å². The van der Waals surface area contributed by atoms with Crippen molar-refractivity contribution in [2.24, 2.45) is 0 Å². The third-order valence-corrected chi connectivity index (χ3v) is 3.72. The fraction of sp³-hybridized carbons (Fsp3) is 0.444. The number of aromatic carboxylic acids is 1. The van der Waals surface area contributed by atoms with Gasteiger partial charge in [0.2, 0.25) is 5.95 Å². The lowest BCUT2D eigenvalue weighted by Crippen LogP contribution is -2.18. The first-order valence-electron chi connectivity index (χ1n) is 4.95. The Morgan fingerprint density at radius 2 is 2.24 bits per heavy atom. The second-order valence-electron chi connectivity index (χ2n) is 3.23. The fourth-order valence-electron chi connectivity index (χ4n) is 1.03. The van der Waals surface area contributed by atoms with Crippen molar-refractivity contribution in [3.8, 4) is 0 Å². The normalized spacial score (nSPS) is 11.1. The molecule has 0 saturated heterocycles. The Morgan fingerprint density at radius 1 is 1.53 bits per heavy atom. The molecule has 17 heavy (non-hydrogen) atoms. The predicted octanol–water partition coefficient (Wildman–Crippen LogP) is 0.0214. The molecule has 1 aromatic rings. The minimum Gasteiger partial charge on any atom is -0.477 e. The van der Waals surface area contributed by atoms with Crippen molar-refractivity contribution in [1.29, 1.82) is 0 Å². The molecule has 0 bridgehead atoms. The van der Waals surface area contributed by atoms with Crippen molar-refractivity contribution in [1.82, 2.24) is 9.97 Å². The molecule has 0 radical (unpaired) electrons. The molecule has 0 aliphatic heterocycles. The molecular formula is C9H13N3O4S. The van der Waals surface area contributed by atoms with Gasteiger partial charge >= 0.3 is 5.97 Å². The van der Waals surface area contributed by atoms with E-state index in [2.05, 4.69) is 15.3 Å². The molecule has 8 heteroatoms. The van der Waals surface area contributed by atoms with Crippen LogP contribution in [-0.2, 0) is 9.84 Å². The lowest BCUT2D eigenvalue weighted by Gasteiger charge is -2.04. The van der Waals surface area contributed by atoms with E-state index in [1.54, 1.807) is 6.92 Å². The maximum Gasteiger partial charge on any atom is 0.354 e. The number of carboxylic acids is 1. The minimum absolute atomic E-state index is 0.0375. The third-order valence-electron chi connectivity index (χ3n) is 2.01. The number of carboxylic acid groups (broad SMARTS) is 1. The molecule has 0 unspecified atom stereocenters. The average molecular weight is 259 g/mol. The van der Waals surface area contributed by atoms with Crippen LogP contribution >= 0.6 is 0 Å². The minimum atomic E-state index is -3.05. The van der Waals surface area contributed by atoms with Gasteiger partial charge in [-0.05, 0) is 6.07 Å². The number of anilines is 1. The van der Waals surface area contributed by atoms with Crippen LogP contribution in [0.2, 0.25) is 0 Å². The molecule has 94 valence electrons. The van der Waals surface area contributed by atoms with Crippen LogP contribution in [0.5, 0.6) is 0 Å². The van der Waals surface area contributed by atoms with Gasteiger partial charge in [0, 0.05) is 18.5 Å². The molecular weight excluding hydrogens is 246 g/mol. The fourth-order valence-corrected chi connectivity index (χ4v) is 1.73. The number of sulfone groups is 1. The summed E-state index contributed by atoms with van der Waals surface area (Å²) in [6, 6.07) is 1.26. The van der Waals surface area contributed by atoms with E-state index >= 15 is 0 Å². The average Bonchev–Trinajstić information content (AvgIpc) is 2.29. The summed E-state index contributed by atoms with van der Waals surface area (Å²) in [5.74, 6) is -1.01. The largest absolute Gasteiger partial charge is 0.477 e. The second kappa shape index (κ2) is 5.58. The highest BCUT2D eigenvalue weighted by Gasteiger charge is 2.08. The molecule has 0 aromatic carbocycles. The highest BCUT2D eigenvalue weighted by Crippen LogP contribution is 2.00. The van der Waals surface area contributed by atoms with E-state index in [0.29, 0.717) is 0 Å². The van der Waals surface area contributed by atoms with Crippen molar-refractivity contribution in [3.05, 3.63) is 18.0 Å². The van der Waals surface area contributed by atoms with Crippen LogP contribution in [0.1, 0.15) is 17.4 Å². The van der Waals surface area contributed by atoms with Gasteiger partial charge in [0.05, 0.1) is 5.75 Å². The van der Waals surface area contributed by atoms with Gasteiger partial charge < -0.3 is 10.4 Å². The summed E-state index contributed by atoms with van der Waals surface area (Å²) in [5, 5.41) is 11.4. The van der Waals surface area contributed by atoms with E-state index in [9.17, 15) is 13.2 Å². The van der Waals surface area contributed by atoms with Crippen molar-refractivity contribution >= 4 is 21.8 Å². The number of aromatic nitrogens is 2. The Morgan fingerprint density at radius 3 is 2.82 bits per heavy atom. The van der Waals surface area contributed by atoms with E-state index < -0.39 is 15.8 Å². The zero-order chi connectivity index (χ0) is 12.9. The molecule has 0 aliphatic rings. The maximum absolute atomic E-state index is 11.2. The summed E-state index contributed by atoms with van der Waals surface area (Å²) >= 11 is 0. The quantitative estimate of drug-likeness (QED) is 0.741. The smallest absolute Gasteiger partial charge is 0.354 e. The van der Waals surface area contributed by atoms with E-state index in [0.717, 1.165) is 0 Å². The molecule has 0 fully saturated rings. The van der Waals surface area contributed by atoms with Crippen molar-refractivity contribution < 1.29 is 18.3 Å². The molecule has 0 aliphatic carbocycles. The van der Waals surface area contributed by atoms with Crippen molar-refractivity contribution in [3.63, 3.8) is 0 Å². The van der Waals surface area contributed by atoms with Gasteiger partial charge in [-0.2, -0.15) is 0 Å². The number of rotatable bonds is 6. The van der Waals surface area contributed by atoms with E-state index in [-0.39, 0.29) is 29.7 Å². The standard InChI is InChI=1S/C9H13N3O4S/c1-2-17(15,16)6-5-11-9-10-4-3-7(12-9)8(13)14/h3-4H,2,5-6H2,1H3,(H,13,14)(H,10,11,12). The van der Waals surface area contributed by atoms with Gasteiger partial charge in [0.15, 0.2) is 15.5 Å². The molecule has 0 amide bonds. The van der Waals surface area contributed by atoms with Gasteiger partial charge in [0.1, 0.15) is 0 Å². The van der Waals surface area contributed by atoms with Crippen LogP contribution in [-0.4, -0.2) is 47.5 Å². The summed E-state index contributed by atoms with van der Waals surface area (Å²) in [5.41, 5.74) is -0.138. The summed E-state index contributed by atoms with van der Waals surface area (Å²) in [6.07, 6.45) is 1.30. The Balaban J connectivity index is 2.58. The SMILES string of the molecule is CCS(=O)(=O)CCNc1nccc(C(=O)O)n1. The van der Waals surface area contributed by atoms with Gasteiger partial charge in [-0.3, -0.25) is 0 Å². The van der Waals surface area contributed by atoms with E-state index in [4.69, 9.17) is 5.11 Å². The van der Waals surface area contributed by atoms with E-state index in [1.807, 2.05) is 0 Å². The maximum atomic E-state index is 11.2. The zero-order valence-electron chi connectivity index (χ0n) is 9.25. The first-order valence-corrected chi connectivity index (χ1v) is 6.77. The molecule has 1 rings (SSSR count). The third kappa shape index (κ3) is 4.35. The summed E-state index contributed by atoms with van der Waals surface area (Å²) in [4.78, 5) is 18.1. The second-order valence-corrected chi connectivity index (χ2v) is 5.71. The van der Waals surface area contributed by atoms with Crippen LogP contribution in [0.3, 0.4) is 0 Å². The molecule has 2 N–H and O–H groups in total. The molecule has 0 atom stereocenters. The predicted molar refractivity (Wildman–Crippen MR) is 61.8 cm³/mol. The topological polar surface area (TPSA) is 109 Å². The number of nitrogens with one attached hydrogen (secondary N) is 1. The van der Waals surface area contributed by atoms with Crippen molar-refractivity contribution in [2.75, 3.05) is 23.4 Å². The molecule has 0 spiro atoms. The Kier molecular flexibility index (Phi) is 4.38. The molecule has 0 saturated carbocycles. The summed E-state index contributed by atoms with van der Waals surface area (Å²) < 4.78 is 22.4. The zero-order valence-corrected chi connectivity index (χ0v) is 10.1. The van der Waals surface area contributed by atoms with Gasteiger partial charge in [-0.25, -0.2) is 23.2 Å². The van der Waals surface area contributed by atoms with Gasteiger partial charge in [0.25, 0.3) is 0 Å². The first kappa shape index (κ1) is 13.4. The number of hydrogen-bond donors (Lipinski definition) is 2. The van der Waals surface area contributed by atoms with Crippen LogP contribution in [0.4, 0.5) is 5.95 Å². The summed E-state index contributed by atoms with van der Waals surface area (Å²) in [7, 11) is -3.05. The monoisotopic (exact) mass is 259 g/mol. The Labute approximate surface area is 98.8 Å². The molecule has 1 aromatic heterocycles. The lowest BCUT2D eigenvalue weighted by molar-refractivity contribution is 0.0690. The van der Waals surface area contributed by atoms with Crippen molar-refractivity contribution in [2.45, 2.75) is 6.92 Å².